The van der Waals surface area contributed by atoms with Crippen LogP contribution in [0.1, 0.15) is 12.5 Å². The molecule has 0 saturated heterocycles. The van der Waals surface area contributed by atoms with Gasteiger partial charge in [-0.05, 0) is 30.3 Å². The number of amides is 1. The largest absolute Gasteiger partial charge is 0.467 e. The van der Waals surface area contributed by atoms with Crippen LogP contribution < -0.4 is 10.0 Å². The van der Waals surface area contributed by atoms with Crippen LogP contribution in [0.3, 0.4) is 0 Å². The van der Waals surface area contributed by atoms with Gasteiger partial charge in [0.05, 0.1) is 12.0 Å². The van der Waals surface area contributed by atoms with Gasteiger partial charge >= 0.3 is 12.1 Å². The number of hydrogen-bond donors (Lipinski definition) is 3. The van der Waals surface area contributed by atoms with Crippen molar-refractivity contribution in [3.63, 3.8) is 0 Å². The molecule has 3 aromatic rings. The maximum atomic E-state index is 14.5. The number of methoxy groups -OCH3 is 1. The average molecular weight is 469 g/mol. The Morgan fingerprint density at radius 3 is 2.22 bits per heavy atom. The SMILES string of the molecule is COC(=O)[C@](NS(=O)(=O)c1ccc(NC(C)=O)cc1)(c1c[nH]c2ccccc12)C(F)(F)F. The summed E-state index contributed by atoms with van der Waals surface area (Å²) < 4.78 is 75.3. The maximum Gasteiger partial charge on any atom is 0.422 e. The van der Waals surface area contributed by atoms with Gasteiger partial charge in [-0.2, -0.15) is 17.9 Å². The fourth-order valence-electron chi connectivity index (χ4n) is 3.25. The van der Waals surface area contributed by atoms with Crippen LogP contribution in [0.5, 0.6) is 0 Å². The molecule has 0 spiro atoms. The number of fused-ring (bicyclic) bond motifs is 1. The first-order valence-corrected chi connectivity index (χ1v) is 10.5. The van der Waals surface area contributed by atoms with E-state index in [2.05, 4.69) is 15.0 Å². The summed E-state index contributed by atoms with van der Waals surface area (Å²) in [6, 6.07) is 10.2. The zero-order chi connectivity index (χ0) is 23.7. The maximum absolute atomic E-state index is 14.5. The Morgan fingerprint density at radius 2 is 1.66 bits per heavy atom. The van der Waals surface area contributed by atoms with Gasteiger partial charge in [-0.15, -0.1) is 0 Å². The van der Waals surface area contributed by atoms with Crippen molar-refractivity contribution in [2.45, 2.75) is 23.5 Å². The van der Waals surface area contributed by atoms with E-state index in [0.29, 0.717) is 0 Å². The zero-order valence-corrected chi connectivity index (χ0v) is 17.6. The Morgan fingerprint density at radius 1 is 1.03 bits per heavy atom. The molecule has 0 radical (unpaired) electrons. The van der Waals surface area contributed by atoms with Gasteiger partial charge in [0.1, 0.15) is 0 Å². The highest BCUT2D eigenvalue weighted by Crippen LogP contribution is 2.44. The number of hydrogen-bond acceptors (Lipinski definition) is 5. The van der Waals surface area contributed by atoms with Crippen LogP contribution in [0.4, 0.5) is 18.9 Å². The minimum absolute atomic E-state index is 0.0149. The van der Waals surface area contributed by atoms with Crippen molar-refractivity contribution in [2.24, 2.45) is 0 Å². The number of aromatic amines is 1. The summed E-state index contributed by atoms with van der Waals surface area (Å²) in [6.45, 7) is 1.24. The van der Waals surface area contributed by atoms with E-state index in [-0.39, 0.29) is 16.6 Å². The highest BCUT2D eigenvalue weighted by atomic mass is 32.2. The fourth-order valence-corrected chi connectivity index (χ4v) is 4.57. The molecule has 1 heterocycles. The Balaban J connectivity index is 2.18. The number of benzene rings is 2. The third-order valence-electron chi connectivity index (χ3n) is 4.68. The van der Waals surface area contributed by atoms with Crippen LogP contribution in [0.2, 0.25) is 0 Å². The number of rotatable bonds is 6. The number of para-hydroxylation sites is 1. The minimum atomic E-state index is -5.41. The molecular formula is C20H18F3N3O5S. The summed E-state index contributed by atoms with van der Waals surface area (Å²) in [5.41, 5.74) is -3.89. The van der Waals surface area contributed by atoms with Crippen molar-refractivity contribution in [1.82, 2.24) is 9.71 Å². The number of aromatic nitrogens is 1. The molecule has 32 heavy (non-hydrogen) atoms. The molecule has 3 N–H and O–H groups in total. The molecule has 12 heteroatoms. The highest BCUT2D eigenvalue weighted by molar-refractivity contribution is 7.89. The van der Waals surface area contributed by atoms with Crippen LogP contribution in [-0.2, 0) is 29.9 Å². The van der Waals surface area contributed by atoms with E-state index in [4.69, 9.17) is 0 Å². The standard InChI is InChI=1S/C20H18F3N3O5S/c1-12(27)25-13-7-9-14(10-8-13)32(29,30)26-19(18(28)31-2,20(21,22)23)16-11-24-17-6-4-3-5-15(16)17/h3-11,24,26H,1-2H3,(H,25,27)/t19-/m1/s1. The van der Waals surface area contributed by atoms with Gasteiger partial charge in [0, 0.05) is 35.3 Å². The number of nitrogens with one attached hydrogen (secondary N) is 3. The highest BCUT2D eigenvalue weighted by Gasteiger charge is 2.65. The quantitative estimate of drug-likeness (QED) is 0.480. The molecule has 0 fully saturated rings. The summed E-state index contributed by atoms with van der Waals surface area (Å²) in [5.74, 6) is -2.27. The summed E-state index contributed by atoms with van der Waals surface area (Å²) in [6.07, 6.45) is -4.49. The predicted molar refractivity (Wildman–Crippen MR) is 109 cm³/mol. The van der Waals surface area contributed by atoms with Gasteiger partial charge in [0.25, 0.3) is 5.54 Å². The van der Waals surface area contributed by atoms with E-state index in [0.717, 1.165) is 25.4 Å². The molecule has 0 aliphatic heterocycles. The molecule has 0 bridgehead atoms. The third-order valence-corrected chi connectivity index (χ3v) is 6.15. The number of alkyl halides is 3. The van der Waals surface area contributed by atoms with Crippen LogP contribution in [0, 0.1) is 0 Å². The van der Waals surface area contributed by atoms with Gasteiger partial charge in [-0.25, -0.2) is 13.2 Å². The summed E-state index contributed by atoms with van der Waals surface area (Å²) >= 11 is 0. The van der Waals surface area contributed by atoms with E-state index in [1.54, 1.807) is 6.07 Å². The summed E-state index contributed by atoms with van der Waals surface area (Å²) in [7, 11) is -4.16. The Labute approximate surface area is 180 Å². The van der Waals surface area contributed by atoms with Gasteiger partial charge in [0.2, 0.25) is 15.9 Å². The molecule has 8 nitrogen and oxygen atoms in total. The zero-order valence-electron chi connectivity index (χ0n) is 16.8. The topological polar surface area (TPSA) is 117 Å². The lowest BCUT2D eigenvalue weighted by atomic mass is 9.90. The third kappa shape index (κ3) is 4.06. The number of halogens is 3. The van der Waals surface area contributed by atoms with Crippen LogP contribution in [0.25, 0.3) is 10.9 Å². The normalized spacial score (nSPS) is 14.0. The van der Waals surface area contributed by atoms with E-state index in [9.17, 15) is 31.2 Å². The Kier molecular flexibility index (Phi) is 6.03. The smallest absolute Gasteiger partial charge is 0.422 e. The minimum Gasteiger partial charge on any atom is -0.467 e. The molecule has 170 valence electrons. The number of carbonyl (C=O) groups is 2. The van der Waals surface area contributed by atoms with E-state index < -0.39 is 44.1 Å². The lowest BCUT2D eigenvalue weighted by Crippen LogP contribution is -2.61. The molecule has 2 aromatic carbocycles. The van der Waals surface area contributed by atoms with Crippen molar-refractivity contribution in [2.75, 3.05) is 12.4 Å². The number of esters is 1. The molecule has 1 aromatic heterocycles. The van der Waals surface area contributed by atoms with Gasteiger partial charge < -0.3 is 15.0 Å². The van der Waals surface area contributed by atoms with Crippen molar-refractivity contribution in [3.8, 4) is 0 Å². The molecule has 1 amide bonds. The second kappa shape index (κ2) is 8.28. The van der Waals surface area contributed by atoms with Crippen molar-refractivity contribution < 1.29 is 35.9 Å². The number of H-pyrrole nitrogens is 1. The second-order valence-corrected chi connectivity index (χ2v) is 8.48. The van der Waals surface area contributed by atoms with E-state index in [1.165, 1.54) is 42.0 Å². The monoisotopic (exact) mass is 469 g/mol. The molecule has 0 saturated carbocycles. The summed E-state index contributed by atoms with van der Waals surface area (Å²) in [5, 5.41) is 2.40. The molecule has 0 unspecified atom stereocenters. The molecular weight excluding hydrogens is 451 g/mol. The van der Waals surface area contributed by atoms with E-state index >= 15 is 0 Å². The van der Waals surface area contributed by atoms with Gasteiger partial charge in [0.15, 0.2) is 0 Å². The lowest BCUT2D eigenvalue weighted by Gasteiger charge is -2.33. The number of sulfonamides is 1. The average Bonchev–Trinajstić information content (AvgIpc) is 3.15. The predicted octanol–water partition coefficient (Wildman–Crippen LogP) is 3.04. The van der Waals surface area contributed by atoms with Crippen molar-refractivity contribution >= 4 is 38.5 Å². The fraction of sp³-hybridized carbons (Fsp3) is 0.200. The van der Waals surface area contributed by atoms with Crippen LogP contribution >= 0.6 is 0 Å². The Bertz CT molecular complexity index is 1270. The van der Waals surface area contributed by atoms with Crippen molar-refractivity contribution in [3.05, 3.63) is 60.3 Å². The van der Waals surface area contributed by atoms with Gasteiger partial charge in [-0.3, -0.25) is 4.79 Å². The number of carbonyl (C=O) groups excluding carboxylic acids is 2. The Hall–Kier alpha value is -3.38. The van der Waals surface area contributed by atoms with Crippen LogP contribution in [-0.4, -0.2) is 38.6 Å². The number of anilines is 1. The van der Waals surface area contributed by atoms with Crippen molar-refractivity contribution in [1.29, 1.82) is 0 Å². The van der Waals surface area contributed by atoms with Crippen LogP contribution in [0.15, 0.2) is 59.6 Å². The molecule has 0 aliphatic rings. The first-order chi connectivity index (χ1) is 14.9. The first kappa shape index (κ1) is 23.3. The molecule has 0 aliphatic carbocycles. The number of ether oxygens (including phenoxy) is 1. The van der Waals surface area contributed by atoms with Gasteiger partial charge in [-0.1, -0.05) is 18.2 Å². The van der Waals surface area contributed by atoms with E-state index in [1.807, 2.05) is 0 Å². The first-order valence-electron chi connectivity index (χ1n) is 9.06. The lowest BCUT2D eigenvalue weighted by molar-refractivity contribution is -0.210. The molecule has 1 atom stereocenters. The molecule has 3 rings (SSSR count). The summed E-state index contributed by atoms with van der Waals surface area (Å²) in [4.78, 5) is 25.8. The second-order valence-electron chi connectivity index (χ2n) is 6.80.